The van der Waals surface area contributed by atoms with Gasteiger partial charge >= 0.3 is 0 Å². The van der Waals surface area contributed by atoms with Crippen molar-refractivity contribution in [2.45, 2.75) is 0 Å². The fraction of sp³-hybridized carbons (Fsp3) is 0. The number of rotatable bonds is 5. The van der Waals surface area contributed by atoms with E-state index in [4.69, 9.17) is 16.9 Å². The molecule has 0 fully saturated rings. The Balaban J connectivity index is 1.81. The van der Waals surface area contributed by atoms with Crippen LogP contribution in [0.25, 0.3) is 6.08 Å². The molecule has 6 nitrogen and oxygen atoms in total. The van der Waals surface area contributed by atoms with E-state index in [0.29, 0.717) is 28.2 Å². The minimum absolute atomic E-state index is 0.199. The first-order valence-electron chi connectivity index (χ1n) is 8.27. The standard InChI is InChI=1S/C21H19N5O/c22-17(9-7-14-4-3-11-25-13-14)16-12-15(8-10-18(16)23)21(27)26-20-6-2-1-5-19(20)24/h1-13,22H,23-24H2,(H,26,27)/b9-7+,22-17?. The number of carbonyl (C=O) groups is 1. The van der Waals surface area contributed by atoms with Crippen LogP contribution in [0.2, 0.25) is 0 Å². The minimum atomic E-state index is -0.321. The van der Waals surface area contributed by atoms with Gasteiger partial charge in [0.2, 0.25) is 0 Å². The number of hydrogen-bond acceptors (Lipinski definition) is 5. The van der Waals surface area contributed by atoms with Crippen LogP contribution in [0.4, 0.5) is 17.1 Å². The number of pyridine rings is 1. The summed E-state index contributed by atoms with van der Waals surface area (Å²) in [4.78, 5) is 16.6. The zero-order valence-corrected chi connectivity index (χ0v) is 14.5. The van der Waals surface area contributed by atoms with Gasteiger partial charge in [-0.15, -0.1) is 0 Å². The summed E-state index contributed by atoms with van der Waals surface area (Å²) in [6.45, 7) is 0. The smallest absolute Gasteiger partial charge is 0.255 e. The number of nitrogens with zero attached hydrogens (tertiary/aromatic N) is 1. The van der Waals surface area contributed by atoms with Crippen molar-refractivity contribution in [2.24, 2.45) is 0 Å². The monoisotopic (exact) mass is 357 g/mol. The average Bonchev–Trinajstić information content (AvgIpc) is 2.69. The third-order valence-corrected chi connectivity index (χ3v) is 3.94. The molecule has 0 radical (unpaired) electrons. The Hall–Kier alpha value is -3.93. The Morgan fingerprint density at radius 1 is 1.04 bits per heavy atom. The maximum atomic E-state index is 12.5. The van der Waals surface area contributed by atoms with Crippen LogP contribution in [0.1, 0.15) is 21.5 Å². The molecule has 0 aliphatic rings. The highest BCUT2D eigenvalue weighted by Gasteiger charge is 2.12. The van der Waals surface area contributed by atoms with Gasteiger partial charge in [0.25, 0.3) is 5.91 Å². The second-order valence-corrected chi connectivity index (χ2v) is 5.88. The van der Waals surface area contributed by atoms with Crippen molar-refractivity contribution in [3.05, 3.63) is 89.8 Å². The number of benzene rings is 2. The fourth-order valence-corrected chi connectivity index (χ4v) is 2.48. The molecule has 3 rings (SSSR count). The Morgan fingerprint density at radius 2 is 1.85 bits per heavy atom. The summed E-state index contributed by atoms with van der Waals surface area (Å²) >= 11 is 0. The van der Waals surface area contributed by atoms with E-state index in [1.807, 2.05) is 12.1 Å². The number of nitrogen functional groups attached to an aromatic ring is 2. The molecule has 134 valence electrons. The molecular weight excluding hydrogens is 338 g/mol. The lowest BCUT2D eigenvalue weighted by Crippen LogP contribution is -2.14. The van der Waals surface area contributed by atoms with Gasteiger partial charge in [0.1, 0.15) is 0 Å². The van der Waals surface area contributed by atoms with Crippen LogP contribution in [-0.2, 0) is 0 Å². The minimum Gasteiger partial charge on any atom is -0.398 e. The molecule has 0 unspecified atom stereocenters. The highest BCUT2D eigenvalue weighted by atomic mass is 16.1. The molecule has 0 atom stereocenters. The summed E-state index contributed by atoms with van der Waals surface area (Å²) < 4.78 is 0. The van der Waals surface area contributed by atoms with E-state index in [2.05, 4.69) is 10.3 Å². The maximum Gasteiger partial charge on any atom is 0.255 e. The lowest BCUT2D eigenvalue weighted by atomic mass is 10.0. The predicted molar refractivity (Wildman–Crippen MR) is 110 cm³/mol. The fourth-order valence-electron chi connectivity index (χ4n) is 2.48. The van der Waals surface area contributed by atoms with Crippen LogP contribution in [0.15, 0.2) is 73.1 Å². The van der Waals surface area contributed by atoms with Crippen LogP contribution in [-0.4, -0.2) is 16.6 Å². The zero-order valence-electron chi connectivity index (χ0n) is 14.5. The Bertz CT molecular complexity index is 1010. The van der Waals surface area contributed by atoms with Crippen LogP contribution < -0.4 is 16.8 Å². The van der Waals surface area contributed by atoms with Crippen molar-refractivity contribution in [1.29, 1.82) is 5.41 Å². The van der Waals surface area contributed by atoms with E-state index in [1.54, 1.807) is 67.0 Å². The molecule has 2 aromatic carbocycles. The van der Waals surface area contributed by atoms with Crippen LogP contribution in [0.3, 0.4) is 0 Å². The van der Waals surface area contributed by atoms with Crippen molar-refractivity contribution in [3.63, 3.8) is 0 Å². The Morgan fingerprint density at radius 3 is 2.59 bits per heavy atom. The van der Waals surface area contributed by atoms with Gasteiger partial charge in [0.15, 0.2) is 0 Å². The molecule has 1 aromatic heterocycles. The SMILES string of the molecule is N=C(/C=C/c1cccnc1)c1cc(C(=O)Nc2ccccc2N)ccc1N. The van der Waals surface area contributed by atoms with Crippen LogP contribution in [0, 0.1) is 5.41 Å². The quantitative estimate of drug-likeness (QED) is 0.412. The predicted octanol–water partition coefficient (Wildman–Crippen LogP) is 3.58. The van der Waals surface area contributed by atoms with Crippen molar-refractivity contribution in [1.82, 2.24) is 4.98 Å². The molecule has 0 bridgehead atoms. The molecule has 0 aliphatic heterocycles. The normalized spacial score (nSPS) is 10.7. The number of anilines is 3. The van der Waals surface area contributed by atoms with Crippen molar-refractivity contribution in [2.75, 3.05) is 16.8 Å². The first kappa shape index (κ1) is 17.9. The number of hydrogen-bond donors (Lipinski definition) is 4. The highest BCUT2D eigenvalue weighted by Crippen LogP contribution is 2.20. The summed E-state index contributed by atoms with van der Waals surface area (Å²) in [7, 11) is 0. The number of nitrogens with one attached hydrogen (secondary N) is 2. The van der Waals surface area contributed by atoms with E-state index in [-0.39, 0.29) is 11.6 Å². The van der Waals surface area contributed by atoms with Gasteiger partial charge in [-0.2, -0.15) is 0 Å². The van der Waals surface area contributed by atoms with E-state index in [0.717, 1.165) is 5.56 Å². The second kappa shape index (κ2) is 7.97. The molecule has 0 aliphatic carbocycles. The van der Waals surface area contributed by atoms with Crippen molar-refractivity contribution < 1.29 is 4.79 Å². The molecule has 0 spiro atoms. The highest BCUT2D eigenvalue weighted by molar-refractivity contribution is 6.14. The van der Waals surface area contributed by atoms with Gasteiger partial charge < -0.3 is 22.2 Å². The largest absolute Gasteiger partial charge is 0.398 e. The van der Waals surface area contributed by atoms with Gasteiger partial charge in [-0.3, -0.25) is 9.78 Å². The van der Waals surface area contributed by atoms with Gasteiger partial charge in [-0.1, -0.05) is 24.3 Å². The number of nitrogens with two attached hydrogens (primary N) is 2. The lowest BCUT2D eigenvalue weighted by molar-refractivity contribution is 0.102. The van der Waals surface area contributed by atoms with E-state index in [1.165, 1.54) is 0 Å². The molecule has 1 amide bonds. The van der Waals surface area contributed by atoms with Crippen molar-refractivity contribution >= 4 is 34.8 Å². The number of allylic oxidation sites excluding steroid dienone is 1. The Labute approximate surface area is 157 Å². The zero-order chi connectivity index (χ0) is 19.2. The summed E-state index contributed by atoms with van der Waals surface area (Å²) in [5.74, 6) is -0.321. The summed E-state index contributed by atoms with van der Waals surface area (Å²) in [5, 5.41) is 11.0. The third-order valence-electron chi connectivity index (χ3n) is 3.94. The molecule has 6 heteroatoms. The van der Waals surface area contributed by atoms with Gasteiger partial charge in [0.05, 0.1) is 17.1 Å². The maximum absolute atomic E-state index is 12.5. The average molecular weight is 357 g/mol. The number of para-hydroxylation sites is 2. The molecule has 6 N–H and O–H groups in total. The lowest BCUT2D eigenvalue weighted by Gasteiger charge is -2.10. The first-order chi connectivity index (χ1) is 13.0. The third kappa shape index (κ3) is 4.38. The van der Waals surface area contributed by atoms with Crippen LogP contribution >= 0.6 is 0 Å². The first-order valence-corrected chi connectivity index (χ1v) is 8.27. The summed E-state index contributed by atoms with van der Waals surface area (Å²) in [5.41, 5.74) is 15.2. The van der Waals surface area contributed by atoms with Crippen molar-refractivity contribution in [3.8, 4) is 0 Å². The number of aromatic nitrogens is 1. The summed E-state index contributed by atoms with van der Waals surface area (Å²) in [6, 6.07) is 15.6. The van der Waals surface area contributed by atoms with E-state index in [9.17, 15) is 4.79 Å². The second-order valence-electron chi connectivity index (χ2n) is 5.88. The number of amides is 1. The number of carbonyl (C=O) groups excluding carboxylic acids is 1. The summed E-state index contributed by atoms with van der Waals surface area (Å²) in [6.07, 6.45) is 6.77. The van der Waals surface area contributed by atoms with Gasteiger partial charge in [-0.25, -0.2) is 0 Å². The topological polar surface area (TPSA) is 118 Å². The van der Waals surface area contributed by atoms with Gasteiger partial charge in [-0.05, 0) is 48.0 Å². The van der Waals surface area contributed by atoms with E-state index >= 15 is 0 Å². The van der Waals surface area contributed by atoms with Gasteiger partial charge in [0, 0.05) is 29.2 Å². The Kier molecular flexibility index (Phi) is 5.28. The molecule has 3 aromatic rings. The van der Waals surface area contributed by atoms with Crippen LogP contribution in [0.5, 0.6) is 0 Å². The molecule has 1 heterocycles. The van der Waals surface area contributed by atoms with E-state index < -0.39 is 0 Å². The molecule has 0 saturated heterocycles. The molecular formula is C21H19N5O. The molecule has 0 saturated carbocycles. The molecule has 27 heavy (non-hydrogen) atoms.